The largest absolute Gasteiger partial charge is 0.164 e. The van der Waals surface area contributed by atoms with Gasteiger partial charge in [-0.05, 0) is 78.5 Å². The van der Waals surface area contributed by atoms with E-state index in [0.717, 1.165) is 27.3 Å². The summed E-state index contributed by atoms with van der Waals surface area (Å²) in [5.41, 5.74) is 11.5. The van der Waals surface area contributed by atoms with Gasteiger partial charge in [0.1, 0.15) is 0 Å². The van der Waals surface area contributed by atoms with E-state index in [1.54, 1.807) is 11.1 Å². The Hall–Kier alpha value is -2.22. The second-order valence-electron chi connectivity index (χ2n) is 16.3. The summed E-state index contributed by atoms with van der Waals surface area (Å²) in [5.74, 6) is 2.37. The molecule has 0 saturated heterocycles. The summed E-state index contributed by atoms with van der Waals surface area (Å²) >= 11 is -0.826. The first-order valence-corrected chi connectivity index (χ1v) is 29.5. The van der Waals surface area contributed by atoms with Crippen molar-refractivity contribution in [1.29, 1.82) is 0 Å². The minimum absolute atomic E-state index is 0.785. The van der Waals surface area contributed by atoms with Gasteiger partial charge in [0.25, 0.3) is 0 Å². The van der Waals surface area contributed by atoms with Crippen LogP contribution in [0.5, 0.6) is 0 Å². The Balaban J connectivity index is 0.000000166. The molecule has 0 amide bonds. The Morgan fingerprint density at radius 2 is 0.891 bits per heavy atom. The zero-order chi connectivity index (χ0) is 38.4. The summed E-state index contributed by atoms with van der Waals surface area (Å²) in [6, 6.07) is 41.9. The molecule has 0 atom stereocenters. The first-order chi connectivity index (χ1) is 27.0. The second-order valence-corrected chi connectivity index (χ2v) is 21.0. The monoisotopic (exact) mass is 860 g/mol. The van der Waals surface area contributed by atoms with Crippen LogP contribution in [-0.2, 0) is 20.8 Å². The maximum absolute atomic E-state index is 4.93. The molecule has 3 aliphatic rings. The Labute approximate surface area is 354 Å². The molecule has 55 heavy (non-hydrogen) atoms. The standard InChI is InChI=1S/C27H31.C22H23.C2H6Si.2ClH.Zr/c1-3-8-20(9-4-1)22-14-16-23(17-15-22)26-13-7-12-24-18-25(19-27(24)26)21-10-5-2-6-11-21;1-16-14-20-8-5-9-21(22(20)15-16)19-12-10-18(11-13-19)17-6-3-2-4-7-17;1-3-2;;;/h7,12-21H,1-6,8-11H2;5,8-15,17H,2-4,6-7H2,1H3;1-2H3;2*1H;/q2*-1;;;;+4/p-2. The van der Waals surface area contributed by atoms with E-state index < -0.39 is 20.8 Å². The van der Waals surface area contributed by atoms with Crippen LogP contribution in [0, 0.1) is 6.92 Å². The quantitative estimate of drug-likeness (QED) is 0.120. The topological polar surface area (TPSA) is 0 Å². The zero-order valence-electron chi connectivity index (χ0n) is 33.5. The van der Waals surface area contributed by atoms with E-state index in [-0.39, 0.29) is 0 Å². The first-order valence-electron chi connectivity index (χ1n) is 21.1. The number of benzene rings is 4. The maximum Gasteiger partial charge on any atom is -0.0162 e. The molecule has 9 rings (SSSR count). The van der Waals surface area contributed by atoms with Gasteiger partial charge in [-0.1, -0.05) is 150 Å². The molecular weight excluding hydrogens is 803 g/mol. The van der Waals surface area contributed by atoms with Crippen LogP contribution in [0.3, 0.4) is 0 Å². The number of fused-ring (bicyclic) bond motifs is 2. The summed E-state index contributed by atoms with van der Waals surface area (Å²) in [7, 11) is 11.0. The van der Waals surface area contributed by atoms with Crippen LogP contribution in [0.15, 0.2) is 109 Å². The number of rotatable bonds is 5. The maximum atomic E-state index is 4.93. The van der Waals surface area contributed by atoms with Crippen LogP contribution in [0.2, 0.25) is 13.1 Å². The average molecular weight is 863 g/mol. The number of halogens is 2. The first kappa shape index (κ1) is 42.4. The van der Waals surface area contributed by atoms with E-state index in [0.29, 0.717) is 0 Å². The molecule has 0 spiro atoms. The molecule has 0 nitrogen and oxygen atoms in total. The van der Waals surface area contributed by atoms with Gasteiger partial charge in [-0.3, -0.25) is 0 Å². The van der Waals surface area contributed by atoms with Gasteiger partial charge in [0.2, 0.25) is 0 Å². The molecule has 0 heterocycles. The Kier molecular flexibility index (Phi) is 17.0. The van der Waals surface area contributed by atoms with Gasteiger partial charge < -0.3 is 0 Å². The predicted octanol–water partition coefficient (Wildman–Crippen LogP) is 17.1. The Morgan fingerprint density at radius 3 is 1.33 bits per heavy atom. The molecule has 6 aromatic carbocycles. The summed E-state index contributed by atoms with van der Waals surface area (Å²) in [6.45, 7) is 6.48. The molecule has 0 unspecified atom stereocenters. The van der Waals surface area contributed by atoms with E-state index in [2.05, 4.69) is 129 Å². The van der Waals surface area contributed by atoms with Gasteiger partial charge in [-0.2, -0.15) is 12.1 Å². The molecule has 3 saturated carbocycles. The van der Waals surface area contributed by atoms with Crippen molar-refractivity contribution in [2.75, 3.05) is 0 Å². The van der Waals surface area contributed by atoms with E-state index in [9.17, 15) is 0 Å². The SMILES string of the molecule is C[Si]C.Cc1cc2c(-c3ccc(C4CCCCC4)cc3)cccc2[cH-]1.[Cl][Zr+2][Cl].c1cc(-c2ccc(C3CCCCC3)cc2)c2cc(C3CCCCC3)[cH-]c2c1. The molecule has 3 fully saturated rings. The molecule has 0 aromatic heterocycles. The minimum Gasteiger partial charge on any atom is -0.164 e. The van der Waals surface area contributed by atoms with Crippen LogP contribution in [0.25, 0.3) is 43.8 Å². The Bertz CT molecular complexity index is 2000. The molecule has 6 aromatic rings. The molecule has 286 valence electrons. The molecular formula is C51H60Cl2SiZr. The Morgan fingerprint density at radius 1 is 0.509 bits per heavy atom. The normalized spacial score (nSPS) is 16.6. The van der Waals surface area contributed by atoms with Gasteiger partial charge in [0.15, 0.2) is 0 Å². The second kappa shape index (κ2) is 22.1. The van der Waals surface area contributed by atoms with E-state index in [4.69, 9.17) is 17.0 Å². The predicted molar refractivity (Wildman–Crippen MR) is 241 cm³/mol. The van der Waals surface area contributed by atoms with Crippen molar-refractivity contribution >= 4 is 48.1 Å². The van der Waals surface area contributed by atoms with Crippen molar-refractivity contribution in [2.24, 2.45) is 0 Å². The minimum atomic E-state index is -0.826. The molecule has 0 bridgehead atoms. The third-order valence-corrected chi connectivity index (χ3v) is 12.3. The van der Waals surface area contributed by atoms with Crippen molar-refractivity contribution in [3.8, 4) is 22.3 Å². The van der Waals surface area contributed by atoms with Crippen LogP contribution in [0.1, 0.15) is 136 Å². The van der Waals surface area contributed by atoms with Crippen LogP contribution < -0.4 is 0 Å². The molecule has 0 aliphatic heterocycles. The molecule has 3 aliphatic carbocycles. The summed E-state index contributed by atoms with van der Waals surface area (Å²) < 4.78 is 0. The van der Waals surface area contributed by atoms with Gasteiger partial charge in [-0.15, -0.1) is 69.1 Å². The third kappa shape index (κ3) is 11.5. The van der Waals surface area contributed by atoms with Crippen LogP contribution >= 0.6 is 17.0 Å². The molecule has 2 radical (unpaired) electrons. The van der Waals surface area contributed by atoms with Crippen molar-refractivity contribution in [1.82, 2.24) is 0 Å². The fourth-order valence-electron chi connectivity index (χ4n) is 9.56. The fraction of sp³-hybridized carbons (Fsp3) is 0.412. The van der Waals surface area contributed by atoms with Gasteiger partial charge in [-0.25, -0.2) is 0 Å². The van der Waals surface area contributed by atoms with E-state index in [1.807, 2.05) is 0 Å². The van der Waals surface area contributed by atoms with Gasteiger partial charge >= 0.3 is 37.9 Å². The van der Waals surface area contributed by atoms with Gasteiger partial charge in [0, 0.05) is 9.52 Å². The van der Waals surface area contributed by atoms with Crippen LogP contribution in [-0.4, -0.2) is 9.52 Å². The van der Waals surface area contributed by atoms with Crippen molar-refractivity contribution in [2.45, 2.75) is 134 Å². The molecule has 4 heteroatoms. The summed E-state index contributed by atoms with van der Waals surface area (Å²) in [5, 5.41) is 5.60. The van der Waals surface area contributed by atoms with E-state index >= 15 is 0 Å². The fourth-order valence-corrected chi connectivity index (χ4v) is 9.56. The zero-order valence-corrected chi connectivity index (χ0v) is 38.5. The molecule has 0 N–H and O–H groups in total. The van der Waals surface area contributed by atoms with E-state index in [1.165, 1.54) is 151 Å². The van der Waals surface area contributed by atoms with Crippen LogP contribution in [0.4, 0.5) is 0 Å². The number of hydrogen-bond acceptors (Lipinski definition) is 0. The van der Waals surface area contributed by atoms with Crippen molar-refractivity contribution in [3.05, 3.63) is 131 Å². The number of hydrogen-bond donors (Lipinski definition) is 0. The average Bonchev–Trinajstić information content (AvgIpc) is 3.86. The van der Waals surface area contributed by atoms with Crippen molar-refractivity contribution in [3.63, 3.8) is 0 Å². The summed E-state index contributed by atoms with van der Waals surface area (Å²) in [6.07, 6.45) is 21.0. The summed E-state index contributed by atoms with van der Waals surface area (Å²) in [4.78, 5) is 0. The number of aryl methyl sites for hydroxylation is 1. The third-order valence-electron chi connectivity index (χ3n) is 12.3. The smallest absolute Gasteiger partial charge is 0.0162 e. The van der Waals surface area contributed by atoms with Gasteiger partial charge in [0.05, 0.1) is 0 Å². The van der Waals surface area contributed by atoms with Crippen molar-refractivity contribution < 1.29 is 20.8 Å².